The molecule has 1 amide bonds. The molecule has 1 heterocycles. The summed E-state index contributed by atoms with van der Waals surface area (Å²) in [6.07, 6.45) is 2.32. The molecular weight excluding hydrogens is 394 g/mol. The van der Waals surface area contributed by atoms with Crippen LogP contribution in [0.5, 0.6) is 5.75 Å². The second-order valence-electron chi connectivity index (χ2n) is 5.70. The van der Waals surface area contributed by atoms with Crippen LogP contribution in [-0.4, -0.2) is 56.7 Å². The number of piperazine rings is 1. The van der Waals surface area contributed by atoms with Crippen LogP contribution in [0.15, 0.2) is 28.7 Å². The lowest BCUT2D eigenvalue weighted by atomic mass is 10.2. The van der Waals surface area contributed by atoms with Gasteiger partial charge in [0.2, 0.25) is 5.91 Å². The molecule has 2 rings (SSSR count). The number of benzene rings is 1. The molecule has 1 aromatic carbocycles. The van der Waals surface area contributed by atoms with Gasteiger partial charge in [-0.1, -0.05) is 15.9 Å². The Morgan fingerprint density at radius 1 is 1.21 bits per heavy atom. The molecule has 1 aliphatic rings. The van der Waals surface area contributed by atoms with E-state index >= 15 is 0 Å². The molecule has 0 atom stereocenters. The highest BCUT2D eigenvalue weighted by Crippen LogP contribution is 2.16. The minimum Gasteiger partial charge on any atom is -0.494 e. The third-order valence-electron chi connectivity index (χ3n) is 3.84. The molecule has 136 valence electrons. The molecule has 1 saturated heterocycles. The van der Waals surface area contributed by atoms with E-state index in [-0.39, 0.29) is 18.3 Å². The smallest absolute Gasteiger partial charge is 0.220 e. The average molecular weight is 421 g/mol. The highest BCUT2D eigenvalue weighted by Gasteiger charge is 2.09. The summed E-state index contributed by atoms with van der Waals surface area (Å²) in [6.45, 7) is 6.58. The molecule has 0 bridgehead atoms. The fourth-order valence-electron chi connectivity index (χ4n) is 2.49. The van der Waals surface area contributed by atoms with Crippen molar-refractivity contribution < 1.29 is 9.53 Å². The highest BCUT2D eigenvalue weighted by molar-refractivity contribution is 9.10. The van der Waals surface area contributed by atoms with Crippen LogP contribution >= 0.6 is 28.3 Å². The Bertz CT molecular complexity index is 467. The first-order chi connectivity index (χ1) is 11.2. The van der Waals surface area contributed by atoms with Crippen molar-refractivity contribution in [3.05, 3.63) is 28.7 Å². The molecule has 2 N–H and O–H groups in total. The van der Waals surface area contributed by atoms with E-state index in [9.17, 15) is 4.79 Å². The van der Waals surface area contributed by atoms with Crippen LogP contribution in [0.1, 0.15) is 19.3 Å². The molecule has 0 aliphatic carbocycles. The van der Waals surface area contributed by atoms with E-state index in [0.29, 0.717) is 13.0 Å². The minimum absolute atomic E-state index is 0. The number of hydrogen-bond acceptors (Lipinski definition) is 4. The predicted molar refractivity (Wildman–Crippen MR) is 103 cm³/mol. The summed E-state index contributed by atoms with van der Waals surface area (Å²) in [6, 6.07) is 7.79. The Morgan fingerprint density at radius 3 is 2.62 bits per heavy atom. The van der Waals surface area contributed by atoms with Gasteiger partial charge in [-0.05, 0) is 37.1 Å². The first-order valence-corrected chi connectivity index (χ1v) is 9.11. The number of carbonyl (C=O) groups excluding carboxylic acids is 1. The zero-order valence-corrected chi connectivity index (χ0v) is 16.3. The van der Waals surface area contributed by atoms with Crippen molar-refractivity contribution in [3.63, 3.8) is 0 Å². The number of amides is 1. The van der Waals surface area contributed by atoms with E-state index in [1.165, 1.54) is 0 Å². The number of rotatable bonds is 9. The number of carbonyl (C=O) groups is 1. The van der Waals surface area contributed by atoms with Gasteiger partial charge in [0.25, 0.3) is 0 Å². The van der Waals surface area contributed by atoms with Crippen LogP contribution in [-0.2, 0) is 4.79 Å². The van der Waals surface area contributed by atoms with Gasteiger partial charge in [-0.25, -0.2) is 0 Å². The van der Waals surface area contributed by atoms with E-state index in [1.54, 1.807) is 0 Å². The van der Waals surface area contributed by atoms with Gasteiger partial charge in [-0.15, -0.1) is 12.4 Å². The maximum absolute atomic E-state index is 11.8. The average Bonchev–Trinajstić information content (AvgIpc) is 2.57. The lowest BCUT2D eigenvalue weighted by Crippen LogP contribution is -2.46. The monoisotopic (exact) mass is 419 g/mol. The molecule has 1 fully saturated rings. The standard InChI is InChI=1S/C17H26BrN3O2.ClH/c18-15-4-6-16(7-5-15)23-14-2-1-3-17(22)20-10-13-21-11-8-19-9-12-21;/h4-7,19H,1-3,8-14H2,(H,20,22);1H. The van der Waals surface area contributed by atoms with Crippen LogP contribution in [0.25, 0.3) is 0 Å². The molecule has 0 saturated carbocycles. The molecule has 0 spiro atoms. The van der Waals surface area contributed by atoms with Crippen molar-refractivity contribution in [3.8, 4) is 5.75 Å². The van der Waals surface area contributed by atoms with Gasteiger partial charge in [0.05, 0.1) is 6.61 Å². The van der Waals surface area contributed by atoms with Crippen molar-refractivity contribution in [2.75, 3.05) is 45.9 Å². The zero-order chi connectivity index (χ0) is 16.3. The van der Waals surface area contributed by atoms with E-state index in [1.807, 2.05) is 24.3 Å². The maximum atomic E-state index is 11.8. The van der Waals surface area contributed by atoms with Gasteiger partial charge in [0.1, 0.15) is 5.75 Å². The zero-order valence-electron chi connectivity index (χ0n) is 13.9. The first-order valence-electron chi connectivity index (χ1n) is 8.32. The van der Waals surface area contributed by atoms with E-state index in [4.69, 9.17) is 4.74 Å². The summed E-state index contributed by atoms with van der Waals surface area (Å²) < 4.78 is 6.68. The molecule has 1 aromatic rings. The van der Waals surface area contributed by atoms with Crippen LogP contribution < -0.4 is 15.4 Å². The number of ether oxygens (including phenoxy) is 1. The Hall–Kier alpha value is -0.820. The third kappa shape index (κ3) is 8.87. The van der Waals surface area contributed by atoms with Crippen LogP contribution in [0.4, 0.5) is 0 Å². The molecule has 7 heteroatoms. The number of hydrogen-bond donors (Lipinski definition) is 2. The Balaban J connectivity index is 0.00000288. The largest absolute Gasteiger partial charge is 0.494 e. The molecule has 0 aromatic heterocycles. The number of halogens is 2. The summed E-state index contributed by atoms with van der Waals surface area (Å²) in [4.78, 5) is 14.1. The summed E-state index contributed by atoms with van der Waals surface area (Å²) in [7, 11) is 0. The summed E-state index contributed by atoms with van der Waals surface area (Å²) >= 11 is 3.39. The second kappa shape index (κ2) is 12.5. The molecule has 24 heavy (non-hydrogen) atoms. The van der Waals surface area contributed by atoms with Crippen molar-refractivity contribution in [2.45, 2.75) is 19.3 Å². The number of nitrogens with one attached hydrogen (secondary N) is 2. The maximum Gasteiger partial charge on any atom is 0.220 e. The normalized spacial score (nSPS) is 14.7. The van der Waals surface area contributed by atoms with Crippen LogP contribution in [0.3, 0.4) is 0 Å². The van der Waals surface area contributed by atoms with Gasteiger partial charge < -0.3 is 15.4 Å². The third-order valence-corrected chi connectivity index (χ3v) is 4.37. The van der Waals surface area contributed by atoms with Gasteiger partial charge in [0.15, 0.2) is 0 Å². The topological polar surface area (TPSA) is 53.6 Å². The molecule has 0 unspecified atom stereocenters. The summed E-state index contributed by atoms with van der Waals surface area (Å²) in [5.74, 6) is 1.01. The molecule has 0 radical (unpaired) electrons. The Labute approximate surface area is 159 Å². The van der Waals surface area contributed by atoms with Gasteiger partial charge >= 0.3 is 0 Å². The number of unbranched alkanes of at least 4 members (excludes halogenated alkanes) is 1. The van der Waals surface area contributed by atoms with Gasteiger partial charge in [-0.3, -0.25) is 9.69 Å². The molecular formula is C17H27BrClN3O2. The predicted octanol–water partition coefficient (Wildman–Crippen LogP) is 2.44. The Kier molecular flexibility index (Phi) is 11.1. The van der Waals surface area contributed by atoms with Gasteiger partial charge in [-0.2, -0.15) is 0 Å². The Morgan fingerprint density at radius 2 is 1.92 bits per heavy atom. The SMILES string of the molecule is Cl.O=C(CCCCOc1ccc(Br)cc1)NCCN1CCNCC1. The van der Waals surface area contributed by atoms with Crippen LogP contribution in [0, 0.1) is 0 Å². The first kappa shape index (κ1) is 21.2. The molecule has 5 nitrogen and oxygen atoms in total. The fraction of sp³-hybridized carbons (Fsp3) is 0.588. The van der Waals surface area contributed by atoms with E-state index < -0.39 is 0 Å². The lowest BCUT2D eigenvalue weighted by molar-refractivity contribution is -0.121. The van der Waals surface area contributed by atoms with Crippen molar-refractivity contribution in [1.29, 1.82) is 0 Å². The van der Waals surface area contributed by atoms with Crippen LogP contribution in [0.2, 0.25) is 0 Å². The minimum atomic E-state index is 0. The van der Waals surface area contributed by atoms with E-state index in [0.717, 1.165) is 62.3 Å². The van der Waals surface area contributed by atoms with E-state index in [2.05, 4.69) is 31.5 Å². The highest BCUT2D eigenvalue weighted by atomic mass is 79.9. The quantitative estimate of drug-likeness (QED) is 0.603. The van der Waals surface area contributed by atoms with Crippen molar-refractivity contribution >= 4 is 34.2 Å². The van der Waals surface area contributed by atoms with Crippen molar-refractivity contribution in [2.24, 2.45) is 0 Å². The summed E-state index contributed by atoms with van der Waals surface area (Å²) in [5, 5.41) is 6.32. The van der Waals surface area contributed by atoms with Gasteiger partial charge in [0, 0.05) is 50.2 Å². The second-order valence-corrected chi connectivity index (χ2v) is 6.62. The summed E-state index contributed by atoms with van der Waals surface area (Å²) in [5.41, 5.74) is 0. The molecule has 1 aliphatic heterocycles. The van der Waals surface area contributed by atoms with Crippen molar-refractivity contribution in [1.82, 2.24) is 15.5 Å². The fourth-order valence-corrected chi connectivity index (χ4v) is 2.75. The lowest BCUT2D eigenvalue weighted by Gasteiger charge is -2.27. The number of nitrogens with zero attached hydrogens (tertiary/aromatic N) is 1.